The number of hydrogen-bond acceptors (Lipinski definition) is 4. The third-order valence-corrected chi connectivity index (χ3v) is 3.82. The molecule has 0 atom stereocenters. The summed E-state index contributed by atoms with van der Waals surface area (Å²) in [6.07, 6.45) is 0.669. The van der Waals surface area contributed by atoms with Gasteiger partial charge in [0.05, 0.1) is 25.7 Å². The van der Waals surface area contributed by atoms with Crippen molar-refractivity contribution in [1.82, 2.24) is 9.80 Å². The van der Waals surface area contributed by atoms with Crippen molar-refractivity contribution in [3.63, 3.8) is 0 Å². The molecule has 2 rings (SSSR count). The van der Waals surface area contributed by atoms with Crippen LogP contribution in [-0.2, 0) is 9.47 Å². The first-order valence-corrected chi connectivity index (χ1v) is 7.22. The van der Waals surface area contributed by atoms with E-state index in [1.807, 2.05) is 0 Å². The molecule has 0 spiro atoms. The summed E-state index contributed by atoms with van der Waals surface area (Å²) in [5.74, 6) is 1.63. The predicted octanol–water partition coefficient (Wildman–Crippen LogP) is 1.61. The Labute approximate surface area is 111 Å². The Balaban J connectivity index is 1.67. The summed E-state index contributed by atoms with van der Waals surface area (Å²) < 4.78 is 11.4. The molecule has 0 aromatic rings. The molecule has 4 heteroatoms. The van der Waals surface area contributed by atoms with Gasteiger partial charge >= 0.3 is 0 Å². The van der Waals surface area contributed by atoms with Crippen molar-refractivity contribution in [3.8, 4) is 0 Å². The minimum atomic E-state index is 0.335. The standard InChI is InChI=1S/C14H28N2O2/c1-11(2)17-9-15-5-13-7-16(8-14(13)6-15)10-18-12(3)4/h11-14H,5-10H2,1-4H3. The molecule has 0 aliphatic carbocycles. The third-order valence-electron chi connectivity index (χ3n) is 3.82. The summed E-state index contributed by atoms with van der Waals surface area (Å²) >= 11 is 0. The summed E-state index contributed by atoms with van der Waals surface area (Å²) in [5, 5.41) is 0. The van der Waals surface area contributed by atoms with E-state index in [2.05, 4.69) is 37.5 Å². The zero-order chi connectivity index (χ0) is 13.1. The molecule has 0 aromatic carbocycles. The Morgan fingerprint density at radius 3 is 1.39 bits per heavy atom. The fraction of sp³-hybridized carbons (Fsp3) is 1.00. The van der Waals surface area contributed by atoms with Crippen LogP contribution in [0.5, 0.6) is 0 Å². The lowest BCUT2D eigenvalue weighted by molar-refractivity contribution is -0.0135. The molecule has 2 saturated heterocycles. The quantitative estimate of drug-likeness (QED) is 0.721. The minimum Gasteiger partial charge on any atom is -0.363 e. The van der Waals surface area contributed by atoms with Crippen LogP contribution in [0.1, 0.15) is 27.7 Å². The van der Waals surface area contributed by atoms with Gasteiger partial charge in [-0.3, -0.25) is 9.80 Å². The van der Waals surface area contributed by atoms with Crippen molar-refractivity contribution in [1.29, 1.82) is 0 Å². The number of nitrogens with zero attached hydrogens (tertiary/aromatic N) is 2. The van der Waals surface area contributed by atoms with E-state index in [1.165, 1.54) is 26.2 Å². The maximum absolute atomic E-state index is 5.68. The van der Waals surface area contributed by atoms with Crippen LogP contribution in [-0.4, -0.2) is 61.6 Å². The Morgan fingerprint density at radius 1 is 0.778 bits per heavy atom. The minimum absolute atomic E-state index is 0.335. The molecule has 0 amide bonds. The van der Waals surface area contributed by atoms with Gasteiger partial charge in [0.1, 0.15) is 0 Å². The van der Waals surface area contributed by atoms with Gasteiger partial charge in [-0.15, -0.1) is 0 Å². The van der Waals surface area contributed by atoms with Gasteiger partial charge in [-0.2, -0.15) is 0 Å². The molecular formula is C14H28N2O2. The van der Waals surface area contributed by atoms with Crippen molar-refractivity contribution in [2.45, 2.75) is 39.9 Å². The molecule has 0 bridgehead atoms. The first-order chi connectivity index (χ1) is 8.54. The van der Waals surface area contributed by atoms with E-state index in [4.69, 9.17) is 9.47 Å². The van der Waals surface area contributed by atoms with Crippen LogP contribution in [0, 0.1) is 11.8 Å². The van der Waals surface area contributed by atoms with Gasteiger partial charge in [-0.1, -0.05) is 0 Å². The summed E-state index contributed by atoms with van der Waals surface area (Å²) in [7, 11) is 0. The van der Waals surface area contributed by atoms with Gasteiger partial charge < -0.3 is 9.47 Å². The molecule has 0 aromatic heterocycles. The largest absolute Gasteiger partial charge is 0.363 e. The van der Waals surface area contributed by atoms with Crippen molar-refractivity contribution >= 4 is 0 Å². The Morgan fingerprint density at radius 2 is 1.11 bits per heavy atom. The van der Waals surface area contributed by atoms with Crippen LogP contribution in [0.4, 0.5) is 0 Å². The van der Waals surface area contributed by atoms with Crippen molar-refractivity contribution in [2.24, 2.45) is 11.8 Å². The molecule has 0 N–H and O–H groups in total. The van der Waals surface area contributed by atoms with Gasteiger partial charge in [0, 0.05) is 26.2 Å². The normalized spacial score (nSPS) is 29.7. The molecule has 0 radical (unpaired) electrons. The Hall–Kier alpha value is -0.160. The summed E-state index contributed by atoms with van der Waals surface area (Å²) in [5.41, 5.74) is 0. The van der Waals surface area contributed by atoms with E-state index in [0.29, 0.717) is 12.2 Å². The van der Waals surface area contributed by atoms with Crippen LogP contribution in [0.2, 0.25) is 0 Å². The van der Waals surface area contributed by atoms with E-state index in [9.17, 15) is 0 Å². The van der Waals surface area contributed by atoms with Gasteiger partial charge in [-0.25, -0.2) is 0 Å². The molecule has 0 saturated carbocycles. The van der Waals surface area contributed by atoms with Crippen LogP contribution in [0.3, 0.4) is 0 Å². The first kappa shape index (κ1) is 14.3. The Kier molecular flexibility index (Phi) is 5.01. The van der Waals surface area contributed by atoms with E-state index in [-0.39, 0.29) is 0 Å². The highest BCUT2D eigenvalue weighted by Crippen LogP contribution is 2.30. The zero-order valence-electron chi connectivity index (χ0n) is 12.3. The van der Waals surface area contributed by atoms with Gasteiger partial charge in [-0.05, 0) is 39.5 Å². The van der Waals surface area contributed by atoms with Gasteiger partial charge in [0.25, 0.3) is 0 Å². The molecule has 2 aliphatic heterocycles. The van der Waals surface area contributed by atoms with Crippen molar-refractivity contribution in [3.05, 3.63) is 0 Å². The smallest absolute Gasteiger partial charge is 0.0993 e. The molecule has 0 unspecified atom stereocenters. The van der Waals surface area contributed by atoms with E-state index in [0.717, 1.165) is 25.3 Å². The second-order valence-corrected chi connectivity index (χ2v) is 6.28. The Bertz CT molecular complexity index is 220. The molecule has 18 heavy (non-hydrogen) atoms. The van der Waals surface area contributed by atoms with E-state index >= 15 is 0 Å². The third kappa shape index (κ3) is 3.92. The van der Waals surface area contributed by atoms with Crippen LogP contribution in [0.25, 0.3) is 0 Å². The summed E-state index contributed by atoms with van der Waals surface area (Å²) in [6.45, 7) is 14.8. The van der Waals surface area contributed by atoms with Gasteiger partial charge in [0.2, 0.25) is 0 Å². The number of ether oxygens (including phenoxy) is 2. The fourth-order valence-electron chi connectivity index (χ4n) is 2.91. The number of fused-ring (bicyclic) bond motifs is 1. The maximum Gasteiger partial charge on any atom is 0.0993 e. The lowest BCUT2D eigenvalue weighted by atomic mass is 10.0. The average Bonchev–Trinajstić information content (AvgIpc) is 2.80. The molecule has 4 nitrogen and oxygen atoms in total. The maximum atomic E-state index is 5.68. The highest BCUT2D eigenvalue weighted by Gasteiger charge is 2.39. The highest BCUT2D eigenvalue weighted by molar-refractivity contribution is 4.91. The second kappa shape index (κ2) is 6.33. The number of rotatable bonds is 6. The molecular weight excluding hydrogens is 228 g/mol. The van der Waals surface area contributed by atoms with Crippen molar-refractivity contribution < 1.29 is 9.47 Å². The topological polar surface area (TPSA) is 24.9 Å². The lowest BCUT2D eigenvalue weighted by Crippen LogP contribution is -2.32. The van der Waals surface area contributed by atoms with Crippen LogP contribution >= 0.6 is 0 Å². The molecule has 2 heterocycles. The SMILES string of the molecule is CC(C)OCN1CC2CN(COC(C)C)CC2C1. The monoisotopic (exact) mass is 256 g/mol. The lowest BCUT2D eigenvalue weighted by Gasteiger charge is -2.22. The van der Waals surface area contributed by atoms with E-state index in [1.54, 1.807) is 0 Å². The summed E-state index contributed by atoms with van der Waals surface area (Å²) in [4.78, 5) is 4.91. The molecule has 2 fully saturated rings. The van der Waals surface area contributed by atoms with E-state index < -0.39 is 0 Å². The van der Waals surface area contributed by atoms with Crippen molar-refractivity contribution in [2.75, 3.05) is 39.6 Å². The zero-order valence-corrected chi connectivity index (χ0v) is 12.3. The highest BCUT2D eigenvalue weighted by atomic mass is 16.5. The number of hydrogen-bond donors (Lipinski definition) is 0. The summed E-state index contributed by atoms with van der Waals surface area (Å²) in [6, 6.07) is 0. The second-order valence-electron chi connectivity index (χ2n) is 6.28. The molecule has 106 valence electrons. The predicted molar refractivity (Wildman–Crippen MR) is 72.3 cm³/mol. The fourth-order valence-corrected chi connectivity index (χ4v) is 2.91. The number of likely N-dealkylation sites (tertiary alicyclic amines) is 2. The van der Waals surface area contributed by atoms with Gasteiger partial charge in [0.15, 0.2) is 0 Å². The van der Waals surface area contributed by atoms with Crippen LogP contribution < -0.4 is 0 Å². The first-order valence-electron chi connectivity index (χ1n) is 7.22. The molecule has 2 aliphatic rings. The van der Waals surface area contributed by atoms with Crippen LogP contribution in [0.15, 0.2) is 0 Å². The average molecular weight is 256 g/mol.